The Bertz CT molecular complexity index is 578. The summed E-state index contributed by atoms with van der Waals surface area (Å²) >= 11 is 0. The number of aliphatic hydroxyl groups is 1. The molecule has 1 saturated carbocycles. The molecule has 1 N–H and O–H groups in total. The number of aliphatic hydroxyl groups excluding tert-OH is 1. The highest BCUT2D eigenvalue weighted by Crippen LogP contribution is 2.33. The van der Waals surface area contributed by atoms with Crippen LogP contribution in [0.15, 0.2) is 30.3 Å². The van der Waals surface area contributed by atoms with Crippen molar-refractivity contribution in [3.8, 4) is 0 Å². The van der Waals surface area contributed by atoms with Gasteiger partial charge in [0.25, 0.3) is 0 Å². The monoisotopic (exact) mass is 256 g/mol. The Morgan fingerprint density at radius 3 is 2.79 bits per heavy atom. The smallest absolute Gasteiger partial charge is 0.0726 e. The van der Waals surface area contributed by atoms with Gasteiger partial charge in [-0.05, 0) is 38.3 Å². The van der Waals surface area contributed by atoms with Crippen LogP contribution in [0.5, 0.6) is 0 Å². The molecule has 0 saturated heterocycles. The molecule has 100 valence electrons. The van der Waals surface area contributed by atoms with Crippen LogP contribution >= 0.6 is 0 Å². The highest BCUT2D eigenvalue weighted by atomic mass is 16.3. The number of benzene rings is 1. The molecule has 1 aromatic carbocycles. The molecule has 0 bridgehead atoms. The van der Waals surface area contributed by atoms with Crippen molar-refractivity contribution in [2.45, 2.75) is 32.2 Å². The number of pyridine rings is 1. The van der Waals surface area contributed by atoms with Crippen LogP contribution in [0, 0.1) is 6.92 Å². The molecular formula is C16H20N2O. The number of aryl methyl sites for hydroxylation is 1. The van der Waals surface area contributed by atoms with Crippen molar-refractivity contribution in [3.05, 3.63) is 36.0 Å². The number of hydrogen-bond donors (Lipinski definition) is 1. The van der Waals surface area contributed by atoms with Crippen molar-refractivity contribution in [3.63, 3.8) is 0 Å². The van der Waals surface area contributed by atoms with Gasteiger partial charge in [0.1, 0.15) is 0 Å². The van der Waals surface area contributed by atoms with E-state index in [9.17, 15) is 5.11 Å². The van der Waals surface area contributed by atoms with Gasteiger partial charge in [0.05, 0.1) is 12.1 Å². The van der Waals surface area contributed by atoms with E-state index < -0.39 is 0 Å². The predicted molar refractivity (Wildman–Crippen MR) is 78.6 cm³/mol. The first-order valence-electron chi connectivity index (χ1n) is 7.03. The second-order valence-electron chi connectivity index (χ2n) is 5.30. The summed E-state index contributed by atoms with van der Waals surface area (Å²) in [7, 11) is 0. The molecule has 3 nitrogen and oxygen atoms in total. The zero-order chi connectivity index (χ0) is 13.2. The normalized spacial score (nSPS) is 15.5. The van der Waals surface area contributed by atoms with Crippen molar-refractivity contribution in [2.75, 3.05) is 18.1 Å². The molecule has 2 aromatic rings. The van der Waals surface area contributed by atoms with Gasteiger partial charge in [-0.3, -0.25) is 4.98 Å². The summed E-state index contributed by atoms with van der Waals surface area (Å²) in [6, 6.07) is 11.0. The number of fused-ring (bicyclic) bond motifs is 1. The summed E-state index contributed by atoms with van der Waals surface area (Å²) in [5.41, 5.74) is 3.30. The van der Waals surface area contributed by atoms with Gasteiger partial charge in [-0.2, -0.15) is 0 Å². The topological polar surface area (TPSA) is 36.4 Å². The van der Waals surface area contributed by atoms with E-state index in [1.165, 1.54) is 30.3 Å². The van der Waals surface area contributed by atoms with Gasteiger partial charge in [0.15, 0.2) is 0 Å². The van der Waals surface area contributed by atoms with Gasteiger partial charge < -0.3 is 10.0 Å². The maximum absolute atomic E-state index is 9.35. The molecule has 0 unspecified atom stereocenters. The standard InChI is InChI=1S/C16H20N2O/c1-12-11-16(14-7-2-3-8-15(14)17-12)18(9-10-19)13-5-4-6-13/h2-3,7-8,11,13,19H,4-6,9-10H2,1H3. The molecule has 1 aliphatic rings. The summed E-state index contributed by atoms with van der Waals surface area (Å²) in [5.74, 6) is 0. The molecule has 0 aliphatic heterocycles. The van der Waals surface area contributed by atoms with E-state index in [0.717, 1.165) is 11.2 Å². The average molecular weight is 256 g/mol. The first-order chi connectivity index (χ1) is 9.29. The number of para-hydroxylation sites is 1. The lowest BCUT2D eigenvalue weighted by Gasteiger charge is -2.39. The van der Waals surface area contributed by atoms with Crippen LogP contribution in [0.3, 0.4) is 0 Å². The van der Waals surface area contributed by atoms with Crippen LogP contribution in [0.4, 0.5) is 5.69 Å². The molecule has 19 heavy (non-hydrogen) atoms. The molecule has 1 aliphatic carbocycles. The fourth-order valence-electron chi connectivity index (χ4n) is 2.83. The van der Waals surface area contributed by atoms with Crippen molar-refractivity contribution < 1.29 is 5.11 Å². The minimum atomic E-state index is 0.201. The van der Waals surface area contributed by atoms with Gasteiger partial charge in [-0.1, -0.05) is 18.2 Å². The quantitative estimate of drug-likeness (QED) is 0.913. The third kappa shape index (κ3) is 2.30. The molecule has 0 spiro atoms. The first kappa shape index (κ1) is 12.4. The first-order valence-corrected chi connectivity index (χ1v) is 7.03. The van der Waals surface area contributed by atoms with E-state index in [4.69, 9.17) is 0 Å². The Hall–Kier alpha value is -1.61. The lowest BCUT2D eigenvalue weighted by molar-refractivity contribution is 0.284. The maximum Gasteiger partial charge on any atom is 0.0726 e. The molecule has 0 radical (unpaired) electrons. The van der Waals surface area contributed by atoms with Gasteiger partial charge in [-0.25, -0.2) is 0 Å². The largest absolute Gasteiger partial charge is 0.395 e. The minimum absolute atomic E-state index is 0.201. The summed E-state index contributed by atoms with van der Waals surface area (Å²) in [6.07, 6.45) is 3.76. The van der Waals surface area contributed by atoms with Crippen LogP contribution in [0.2, 0.25) is 0 Å². The maximum atomic E-state index is 9.35. The SMILES string of the molecule is Cc1cc(N(CCO)C2CCC2)c2ccccc2n1. The van der Waals surface area contributed by atoms with E-state index in [-0.39, 0.29) is 6.61 Å². The van der Waals surface area contributed by atoms with E-state index in [2.05, 4.69) is 34.1 Å². The molecule has 1 heterocycles. The van der Waals surface area contributed by atoms with E-state index in [1.807, 2.05) is 13.0 Å². The van der Waals surface area contributed by atoms with Crippen molar-refractivity contribution in [1.82, 2.24) is 4.98 Å². The Morgan fingerprint density at radius 2 is 2.11 bits per heavy atom. The summed E-state index contributed by atoms with van der Waals surface area (Å²) < 4.78 is 0. The molecular weight excluding hydrogens is 236 g/mol. The van der Waals surface area contributed by atoms with Crippen LogP contribution in [0.25, 0.3) is 10.9 Å². The van der Waals surface area contributed by atoms with Crippen LogP contribution < -0.4 is 4.90 Å². The third-order valence-corrected chi connectivity index (χ3v) is 3.99. The summed E-state index contributed by atoms with van der Waals surface area (Å²) in [6.45, 7) is 2.94. The van der Waals surface area contributed by atoms with Crippen molar-refractivity contribution in [2.24, 2.45) is 0 Å². The number of nitrogens with zero attached hydrogens (tertiary/aromatic N) is 2. The number of aromatic nitrogens is 1. The van der Waals surface area contributed by atoms with Crippen LogP contribution in [-0.2, 0) is 0 Å². The number of rotatable bonds is 4. The van der Waals surface area contributed by atoms with Gasteiger partial charge in [0, 0.05) is 29.4 Å². The molecule has 3 heteroatoms. The molecule has 0 amide bonds. The van der Waals surface area contributed by atoms with Gasteiger partial charge in [0.2, 0.25) is 0 Å². The van der Waals surface area contributed by atoms with Gasteiger partial charge >= 0.3 is 0 Å². The van der Waals surface area contributed by atoms with Crippen molar-refractivity contribution >= 4 is 16.6 Å². The fraction of sp³-hybridized carbons (Fsp3) is 0.438. The molecule has 0 atom stereocenters. The lowest BCUT2D eigenvalue weighted by atomic mass is 9.90. The molecule has 1 aromatic heterocycles. The minimum Gasteiger partial charge on any atom is -0.395 e. The van der Waals surface area contributed by atoms with Crippen LogP contribution in [0.1, 0.15) is 25.0 Å². The second kappa shape index (κ2) is 5.17. The van der Waals surface area contributed by atoms with Crippen LogP contribution in [-0.4, -0.2) is 29.3 Å². The summed E-state index contributed by atoms with van der Waals surface area (Å²) in [5, 5.41) is 10.5. The van der Waals surface area contributed by atoms with Crippen molar-refractivity contribution in [1.29, 1.82) is 0 Å². The average Bonchev–Trinajstić information content (AvgIpc) is 2.35. The highest BCUT2D eigenvalue weighted by Gasteiger charge is 2.26. The second-order valence-corrected chi connectivity index (χ2v) is 5.30. The molecule has 1 fully saturated rings. The summed E-state index contributed by atoms with van der Waals surface area (Å²) in [4.78, 5) is 6.95. The lowest BCUT2D eigenvalue weighted by Crippen LogP contribution is -2.42. The van der Waals surface area contributed by atoms with E-state index >= 15 is 0 Å². The van der Waals surface area contributed by atoms with E-state index in [0.29, 0.717) is 12.6 Å². The number of anilines is 1. The number of hydrogen-bond acceptors (Lipinski definition) is 3. The highest BCUT2D eigenvalue weighted by molar-refractivity contribution is 5.92. The zero-order valence-electron chi connectivity index (χ0n) is 11.3. The Kier molecular flexibility index (Phi) is 3.38. The predicted octanol–water partition coefficient (Wildman–Crippen LogP) is 2.89. The third-order valence-electron chi connectivity index (χ3n) is 3.99. The Balaban J connectivity index is 2.10. The van der Waals surface area contributed by atoms with Gasteiger partial charge in [-0.15, -0.1) is 0 Å². The Labute approximate surface area is 113 Å². The zero-order valence-corrected chi connectivity index (χ0v) is 11.3. The van der Waals surface area contributed by atoms with E-state index in [1.54, 1.807) is 0 Å². The Morgan fingerprint density at radius 1 is 1.32 bits per heavy atom. The molecule has 3 rings (SSSR count). The fourth-order valence-corrected chi connectivity index (χ4v) is 2.83.